The highest BCUT2D eigenvalue weighted by Gasteiger charge is 2.36. The molecule has 2 heterocycles. The Balaban J connectivity index is 2.03. The first-order chi connectivity index (χ1) is 11.7. The Bertz CT molecular complexity index is 949. The van der Waals surface area contributed by atoms with Crippen molar-refractivity contribution in [2.75, 3.05) is 0 Å². The van der Waals surface area contributed by atoms with Crippen LogP contribution in [0.5, 0.6) is 5.88 Å². The molecule has 0 fully saturated rings. The molecule has 9 heteroatoms. The standard InChI is InChI=1S/C16H12F5N3O/c1-8-5-10(16(19,20)21)13-14(22-8)24(2)23-15(13)25-7-9-3-4-11(17)12(18)6-9/h3-6H,7H2,1-2H3. The van der Waals surface area contributed by atoms with E-state index in [4.69, 9.17) is 4.74 Å². The second kappa shape index (κ2) is 5.98. The summed E-state index contributed by atoms with van der Waals surface area (Å²) < 4.78 is 72.7. The molecule has 0 unspecified atom stereocenters. The van der Waals surface area contributed by atoms with Gasteiger partial charge in [0, 0.05) is 12.7 Å². The number of aromatic nitrogens is 3. The topological polar surface area (TPSA) is 39.9 Å². The van der Waals surface area contributed by atoms with E-state index in [2.05, 4.69) is 10.1 Å². The molecule has 4 nitrogen and oxygen atoms in total. The van der Waals surface area contributed by atoms with Crippen LogP contribution in [-0.4, -0.2) is 14.8 Å². The number of hydrogen-bond acceptors (Lipinski definition) is 3. The van der Waals surface area contributed by atoms with Gasteiger partial charge in [-0.1, -0.05) is 6.07 Å². The fourth-order valence-electron chi connectivity index (χ4n) is 2.44. The third kappa shape index (κ3) is 3.26. The number of halogens is 5. The van der Waals surface area contributed by atoms with Crippen molar-refractivity contribution in [1.29, 1.82) is 0 Å². The van der Waals surface area contributed by atoms with Gasteiger partial charge in [-0.2, -0.15) is 13.2 Å². The maximum absolute atomic E-state index is 13.3. The Morgan fingerprint density at radius 1 is 1.12 bits per heavy atom. The summed E-state index contributed by atoms with van der Waals surface area (Å²) in [5.41, 5.74) is -0.447. The molecular formula is C16H12F5N3O. The van der Waals surface area contributed by atoms with E-state index in [0.717, 1.165) is 18.2 Å². The van der Waals surface area contributed by atoms with Gasteiger partial charge in [-0.15, -0.1) is 5.10 Å². The van der Waals surface area contributed by atoms with E-state index in [1.165, 1.54) is 24.7 Å². The van der Waals surface area contributed by atoms with Gasteiger partial charge in [-0.3, -0.25) is 0 Å². The molecule has 132 valence electrons. The molecule has 0 radical (unpaired) electrons. The predicted molar refractivity (Wildman–Crippen MR) is 78.9 cm³/mol. The minimum atomic E-state index is -4.62. The molecule has 0 N–H and O–H groups in total. The van der Waals surface area contributed by atoms with Crippen LogP contribution in [0.2, 0.25) is 0 Å². The van der Waals surface area contributed by atoms with Crippen LogP contribution >= 0.6 is 0 Å². The molecule has 0 spiro atoms. The molecular weight excluding hydrogens is 345 g/mol. The highest BCUT2D eigenvalue weighted by molar-refractivity contribution is 5.85. The Morgan fingerprint density at radius 3 is 2.48 bits per heavy atom. The van der Waals surface area contributed by atoms with Crippen LogP contribution in [0.3, 0.4) is 0 Å². The fraction of sp³-hybridized carbons (Fsp3) is 0.250. The first-order valence-corrected chi connectivity index (χ1v) is 7.15. The minimum Gasteiger partial charge on any atom is -0.471 e. The van der Waals surface area contributed by atoms with Gasteiger partial charge < -0.3 is 4.74 Å². The lowest BCUT2D eigenvalue weighted by molar-refractivity contribution is -0.136. The van der Waals surface area contributed by atoms with Crippen molar-refractivity contribution in [3.8, 4) is 5.88 Å². The van der Waals surface area contributed by atoms with Crippen molar-refractivity contribution in [2.45, 2.75) is 19.7 Å². The van der Waals surface area contributed by atoms with Crippen LogP contribution in [0, 0.1) is 18.6 Å². The van der Waals surface area contributed by atoms with Gasteiger partial charge >= 0.3 is 6.18 Å². The van der Waals surface area contributed by atoms with E-state index in [1.807, 2.05) is 0 Å². The lowest BCUT2D eigenvalue weighted by atomic mass is 10.1. The molecule has 0 bridgehead atoms. The Labute approximate surface area is 138 Å². The monoisotopic (exact) mass is 357 g/mol. The highest BCUT2D eigenvalue weighted by atomic mass is 19.4. The summed E-state index contributed by atoms with van der Waals surface area (Å²) in [7, 11) is 1.44. The van der Waals surface area contributed by atoms with E-state index in [1.54, 1.807) is 0 Å². The van der Waals surface area contributed by atoms with Gasteiger partial charge in [-0.05, 0) is 30.7 Å². The van der Waals surface area contributed by atoms with Crippen LogP contribution < -0.4 is 4.74 Å². The number of aryl methyl sites for hydroxylation is 2. The van der Waals surface area contributed by atoms with Gasteiger partial charge in [0.15, 0.2) is 17.3 Å². The number of benzene rings is 1. The first kappa shape index (κ1) is 17.1. The Kier molecular flexibility index (Phi) is 4.09. The van der Waals surface area contributed by atoms with E-state index in [0.29, 0.717) is 0 Å². The van der Waals surface area contributed by atoms with Crippen molar-refractivity contribution in [3.05, 3.63) is 52.7 Å². The largest absolute Gasteiger partial charge is 0.471 e. The molecule has 0 atom stereocenters. The zero-order valence-electron chi connectivity index (χ0n) is 13.2. The minimum absolute atomic E-state index is 0.0209. The van der Waals surface area contributed by atoms with E-state index < -0.39 is 23.4 Å². The molecule has 0 saturated heterocycles. The SMILES string of the molecule is Cc1cc(C(F)(F)F)c2c(OCc3ccc(F)c(F)c3)nn(C)c2n1. The van der Waals surface area contributed by atoms with E-state index in [9.17, 15) is 22.0 Å². The van der Waals surface area contributed by atoms with Crippen molar-refractivity contribution in [2.24, 2.45) is 7.05 Å². The lowest BCUT2D eigenvalue weighted by Gasteiger charge is -2.10. The molecule has 3 aromatic rings. The Morgan fingerprint density at radius 2 is 1.84 bits per heavy atom. The Hall–Kier alpha value is -2.71. The molecule has 3 rings (SSSR count). The lowest BCUT2D eigenvalue weighted by Crippen LogP contribution is -2.08. The van der Waals surface area contributed by atoms with Crippen LogP contribution in [0.4, 0.5) is 22.0 Å². The van der Waals surface area contributed by atoms with Gasteiger partial charge in [0.05, 0.1) is 10.9 Å². The summed E-state index contributed by atoms with van der Waals surface area (Å²) in [4.78, 5) is 4.06. The molecule has 0 saturated carbocycles. The van der Waals surface area contributed by atoms with E-state index in [-0.39, 0.29) is 34.8 Å². The summed E-state index contributed by atoms with van der Waals surface area (Å²) in [6.45, 7) is 1.18. The van der Waals surface area contributed by atoms with Crippen molar-refractivity contribution < 1.29 is 26.7 Å². The molecule has 25 heavy (non-hydrogen) atoms. The molecule has 0 aliphatic carbocycles. The molecule has 0 amide bonds. The number of nitrogens with zero attached hydrogens (tertiary/aromatic N) is 3. The summed E-state index contributed by atoms with van der Waals surface area (Å²) >= 11 is 0. The van der Waals surface area contributed by atoms with Gasteiger partial charge in [0.2, 0.25) is 5.88 Å². The fourth-order valence-corrected chi connectivity index (χ4v) is 2.44. The van der Waals surface area contributed by atoms with Crippen molar-refractivity contribution in [1.82, 2.24) is 14.8 Å². The summed E-state index contributed by atoms with van der Waals surface area (Å²) in [5, 5.41) is 3.65. The van der Waals surface area contributed by atoms with Crippen LogP contribution in [-0.2, 0) is 19.8 Å². The number of alkyl halides is 3. The second-order valence-corrected chi connectivity index (χ2v) is 5.47. The van der Waals surface area contributed by atoms with Crippen LogP contribution in [0.15, 0.2) is 24.3 Å². The van der Waals surface area contributed by atoms with Crippen LogP contribution in [0.1, 0.15) is 16.8 Å². The smallest absolute Gasteiger partial charge is 0.417 e. The zero-order chi connectivity index (χ0) is 18.4. The third-order valence-corrected chi connectivity index (χ3v) is 3.55. The normalized spacial score (nSPS) is 12.0. The zero-order valence-corrected chi connectivity index (χ0v) is 13.2. The summed E-state index contributed by atoms with van der Waals surface area (Å²) in [6, 6.07) is 4.01. The number of hydrogen-bond donors (Lipinski definition) is 0. The van der Waals surface area contributed by atoms with Crippen LogP contribution in [0.25, 0.3) is 11.0 Å². The molecule has 0 aliphatic heterocycles. The maximum Gasteiger partial charge on any atom is 0.417 e. The maximum atomic E-state index is 13.3. The van der Waals surface area contributed by atoms with Gasteiger partial charge in [0.1, 0.15) is 6.61 Å². The summed E-state index contributed by atoms with van der Waals surface area (Å²) in [6.07, 6.45) is -4.62. The van der Waals surface area contributed by atoms with Gasteiger partial charge in [-0.25, -0.2) is 18.4 Å². The average molecular weight is 357 g/mol. The number of pyridine rings is 1. The number of ether oxygens (including phenoxy) is 1. The average Bonchev–Trinajstić information content (AvgIpc) is 2.83. The van der Waals surface area contributed by atoms with Crippen molar-refractivity contribution >= 4 is 11.0 Å². The first-order valence-electron chi connectivity index (χ1n) is 7.15. The quantitative estimate of drug-likeness (QED) is 0.661. The third-order valence-electron chi connectivity index (χ3n) is 3.55. The number of rotatable bonds is 3. The highest BCUT2D eigenvalue weighted by Crippen LogP contribution is 2.38. The second-order valence-electron chi connectivity index (χ2n) is 5.47. The summed E-state index contributed by atoms with van der Waals surface area (Å²) in [5.74, 6) is -2.37. The van der Waals surface area contributed by atoms with Gasteiger partial charge in [0.25, 0.3) is 0 Å². The van der Waals surface area contributed by atoms with E-state index >= 15 is 0 Å². The predicted octanol–water partition coefficient (Wildman–Crippen LogP) is 4.15. The molecule has 1 aromatic carbocycles. The molecule has 0 aliphatic rings. The molecule has 2 aromatic heterocycles. The number of fused-ring (bicyclic) bond motifs is 1. The van der Waals surface area contributed by atoms with Crippen molar-refractivity contribution in [3.63, 3.8) is 0 Å².